The number of ether oxygens (including phenoxy) is 1. The number of rotatable bonds is 7. The number of nitrogens with one attached hydrogen (secondary N) is 1. The largest absolute Gasteiger partial charge is 0.489 e. The molecule has 0 aliphatic rings. The van der Waals surface area contributed by atoms with Crippen molar-refractivity contribution >= 4 is 22.9 Å². The molecule has 32 heavy (non-hydrogen) atoms. The van der Waals surface area contributed by atoms with E-state index in [0.717, 1.165) is 22.4 Å². The van der Waals surface area contributed by atoms with Gasteiger partial charge >= 0.3 is 0 Å². The summed E-state index contributed by atoms with van der Waals surface area (Å²) in [7, 11) is 0. The summed E-state index contributed by atoms with van der Waals surface area (Å²) in [5.74, 6) is 0.370. The van der Waals surface area contributed by atoms with Crippen LogP contribution in [0, 0.1) is 26.6 Å². The first-order valence-corrected chi connectivity index (χ1v) is 11.1. The summed E-state index contributed by atoms with van der Waals surface area (Å²) in [6, 6.07) is 12.6. The van der Waals surface area contributed by atoms with E-state index in [1.54, 1.807) is 35.3 Å². The molecular formula is C25H24FN3O2S. The average molecular weight is 450 g/mol. The number of anilines is 1. The fourth-order valence-corrected chi connectivity index (χ4v) is 4.18. The standard InChI is InChI=1S/C25H24FN3O2S/c1-16-8-17(2)18(3)23(9-16)31-14-19-10-24(32-15-19)25(30)28-21-11-27-29(13-21)12-20-6-4-5-7-22(20)26/h4-11,13,15H,12,14H2,1-3H3,(H,28,30). The quantitative estimate of drug-likeness (QED) is 0.383. The third-order valence-corrected chi connectivity index (χ3v) is 6.20. The maximum atomic E-state index is 13.8. The lowest BCUT2D eigenvalue weighted by Crippen LogP contribution is -2.09. The second-order valence-corrected chi connectivity index (χ2v) is 8.70. The van der Waals surface area contributed by atoms with Gasteiger partial charge in [0.2, 0.25) is 0 Å². The summed E-state index contributed by atoms with van der Waals surface area (Å²) >= 11 is 1.37. The van der Waals surface area contributed by atoms with Crippen molar-refractivity contribution in [2.24, 2.45) is 0 Å². The fourth-order valence-electron chi connectivity index (χ4n) is 3.39. The van der Waals surface area contributed by atoms with Crippen molar-refractivity contribution in [2.45, 2.75) is 33.9 Å². The highest BCUT2D eigenvalue weighted by molar-refractivity contribution is 7.12. The molecule has 0 saturated carbocycles. The number of halogens is 1. The Labute approximate surface area is 190 Å². The summed E-state index contributed by atoms with van der Waals surface area (Å²) in [5.41, 5.74) is 5.51. The normalized spacial score (nSPS) is 10.9. The zero-order valence-corrected chi connectivity index (χ0v) is 19.0. The molecule has 4 rings (SSSR count). The van der Waals surface area contributed by atoms with Gasteiger partial charge in [0.05, 0.1) is 23.3 Å². The Morgan fingerprint density at radius 2 is 2.00 bits per heavy atom. The number of aryl methyl sites for hydroxylation is 2. The van der Waals surface area contributed by atoms with Crippen LogP contribution in [0.3, 0.4) is 0 Å². The van der Waals surface area contributed by atoms with Crippen LogP contribution in [0.2, 0.25) is 0 Å². The van der Waals surface area contributed by atoms with Crippen LogP contribution in [-0.2, 0) is 13.2 Å². The third kappa shape index (κ3) is 5.06. The zero-order valence-electron chi connectivity index (χ0n) is 18.2. The van der Waals surface area contributed by atoms with E-state index in [-0.39, 0.29) is 11.7 Å². The molecule has 0 bridgehead atoms. The highest BCUT2D eigenvalue weighted by Gasteiger charge is 2.12. The van der Waals surface area contributed by atoms with Crippen LogP contribution in [0.1, 0.15) is 37.5 Å². The molecule has 0 saturated heterocycles. The van der Waals surface area contributed by atoms with Crippen LogP contribution in [0.15, 0.2) is 60.2 Å². The van der Waals surface area contributed by atoms with Gasteiger partial charge in [-0.2, -0.15) is 5.10 Å². The first kappa shape index (κ1) is 21.8. The Bertz CT molecular complexity index is 1260. The Morgan fingerprint density at radius 3 is 2.81 bits per heavy atom. The number of amides is 1. The van der Waals surface area contributed by atoms with Gasteiger partial charge in [-0.3, -0.25) is 9.48 Å². The lowest BCUT2D eigenvalue weighted by Gasteiger charge is -2.11. The van der Waals surface area contributed by atoms with Crippen molar-refractivity contribution in [3.05, 3.63) is 98.7 Å². The van der Waals surface area contributed by atoms with E-state index in [4.69, 9.17) is 4.74 Å². The molecule has 1 N–H and O–H groups in total. The summed E-state index contributed by atoms with van der Waals surface area (Å²) in [6.45, 7) is 6.85. The van der Waals surface area contributed by atoms with E-state index >= 15 is 0 Å². The van der Waals surface area contributed by atoms with Crippen LogP contribution in [-0.4, -0.2) is 15.7 Å². The average Bonchev–Trinajstić information content (AvgIpc) is 3.41. The predicted molar refractivity (Wildman–Crippen MR) is 125 cm³/mol. The molecule has 0 aliphatic carbocycles. The SMILES string of the molecule is Cc1cc(C)c(C)c(OCc2csc(C(=O)Nc3cnn(Cc4ccccc4F)c3)c2)c1. The van der Waals surface area contributed by atoms with Gasteiger partial charge in [0.15, 0.2) is 0 Å². The maximum absolute atomic E-state index is 13.8. The van der Waals surface area contributed by atoms with Gasteiger partial charge in [-0.05, 0) is 61.0 Å². The first-order valence-electron chi connectivity index (χ1n) is 10.2. The topological polar surface area (TPSA) is 56.1 Å². The van der Waals surface area contributed by atoms with Crippen LogP contribution in [0.4, 0.5) is 10.1 Å². The molecule has 0 fully saturated rings. The lowest BCUT2D eigenvalue weighted by atomic mass is 10.1. The molecule has 0 radical (unpaired) electrons. The Balaban J connectivity index is 1.36. The molecule has 0 unspecified atom stereocenters. The van der Waals surface area contributed by atoms with Gasteiger partial charge in [0, 0.05) is 17.3 Å². The fraction of sp³-hybridized carbons (Fsp3) is 0.200. The summed E-state index contributed by atoms with van der Waals surface area (Å²) in [6.07, 6.45) is 3.24. The Morgan fingerprint density at radius 1 is 1.19 bits per heavy atom. The molecule has 5 nitrogen and oxygen atoms in total. The molecule has 2 aromatic heterocycles. The van der Waals surface area contributed by atoms with Gasteiger partial charge in [-0.15, -0.1) is 11.3 Å². The number of nitrogens with zero attached hydrogens (tertiary/aromatic N) is 2. The molecule has 0 atom stereocenters. The van der Waals surface area contributed by atoms with Crippen molar-refractivity contribution in [3.63, 3.8) is 0 Å². The van der Waals surface area contributed by atoms with Crippen LogP contribution < -0.4 is 10.1 Å². The lowest BCUT2D eigenvalue weighted by molar-refractivity contribution is 0.103. The summed E-state index contributed by atoms with van der Waals surface area (Å²) in [5, 5.41) is 8.98. The molecule has 164 valence electrons. The van der Waals surface area contributed by atoms with E-state index in [9.17, 15) is 9.18 Å². The number of thiophene rings is 1. The molecule has 7 heteroatoms. The minimum atomic E-state index is -0.280. The monoisotopic (exact) mass is 449 g/mol. The number of hydrogen-bond donors (Lipinski definition) is 1. The maximum Gasteiger partial charge on any atom is 0.265 e. The van der Waals surface area contributed by atoms with Crippen molar-refractivity contribution < 1.29 is 13.9 Å². The zero-order chi connectivity index (χ0) is 22.7. The summed E-state index contributed by atoms with van der Waals surface area (Å²) < 4.78 is 21.4. The second-order valence-electron chi connectivity index (χ2n) is 7.78. The number of carbonyl (C=O) groups excluding carboxylic acids is 1. The second kappa shape index (κ2) is 9.36. The molecule has 2 aromatic carbocycles. The molecule has 1 amide bonds. The first-order chi connectivity index (χ1) is 15.4. The highest BCUT2D eigenvalue weighted by atomic mass is 32.1. The van der Waals surface area contributed by atoms with E-state index in [2.05, 4.69) is 23.4 Å². The number of aromatic nitrogens is 2. The van der Waals surface area contributed by atoms with Crippen molar-refractivity contribution in [1.82, 2.24) is 9.78 Å². The Hall–Kier alpha value is -3.45. The Kier molecular flexibility index (Phi) is 6.37. The van der Waals surface area contributed by atoms with E-state index in [0.29, 0.717) is 29.3 Å². The van der Waals surface area contributed by atoms with Crippen molar-refractivity contribution in [1.29, 1.82) is 0 Å². The van der Waals surface area contributed by atoms with E-state index in [1.165, 1.54) is 23.0 Å². The summed E-state index contributed by atoms with van der Waals surface area (Å²) in [4.78, 5) is 13.2. The van der Waals surface area contributed by atoms with Crippen LogP contribution in [0.25, 0.3) is 0 Å². The van der Waals surface area contributed by atoms with Crippen molar-refractivity contribution in [2.75, 3.05) is 5.32 Å². The molecule has 0 aliphatic heterocycles. The van der Waals surface area contributed by atoms with E-state index in [1.807, 2.05) is 31.4 Å². The van der Waals surface area contributed by atoms with Gasteiger partial charge in [0.25, 0.3) is 5.91 Å². The number of carbonyl (C=O) groups is 1. The minimum Gasteiger partial charge on any atom is -0.489 e. The van der Waals surface area contributed by atoms with Gasteiger partial charge in [-0.1, -0.05) is 24.3 Å². The highest BCUT2D eigenvalue weighted by Crippen LogP contribution is 2.25. The molecule has 2 heterocycles. The van der Waals surface area contributed by atoms with Crippen LogP contribution >= 0.6 is 11.3 Å². The van der Waals surface area contributed by atoms with Gasteiger partial charge < -0.3 is 10.1 Å². The number of hydrogen-bond acceptors (Lipinski definition) is 4. The minimum absolute atomic E-state index is 0.214. The molecule has 4 aromatic rings. The van der Waals surface area contributed by atoms with Crippen LogP contribution in [0.5, 0.6) is 5.75 Å². The number of benzene rings is 2. The molecule has 0 spiro atoms. The van der Waals surface area contributed by atoms with E-state index < -0.39 is 0 Å². The molecular weight excluding hydrogens is 425 g/mol. The van der Waals surface area contributed by atoms with Gasteiger partial charge in [0.1, 0.15) is 18.2 Å². The van der Waals surface area contributed by atoms with Crippen molar-refractivity contribution in [3.8, 4) is 5.75 Å². The third-order valence-electron chi connectivity index (χ3n) is 5.22. The predicted octanol–water partition coefficient (Wildman–Crippen LogP) is 5.89. The van der Waals surface area contributed by atoms with Gasteiger partial charge in [-0.25, -0.2) is 4.39 Å². The smallest absolute Gasteiger partial charge is 0.265 e.